The molecule has 2 N–H and O–H groups in total. The van der Waals surface area contributed by atoms with E-state index >= 15 is 0 Å². The molecule has 0 fully saturated rings. The fourth-order valence-corrected chi connectivity index (χ4v) is 2.01. The fourth-order valence-electron chi connectivity index (χ4n) is 2.01. The van der Waals surface area contributed by atoms with Gasteiger partial charge in [0.2, 0.25) is 0 Å². The van der Waals surface area contributed by atoms with Crippen molar-refractivity contribution in [2.45, 2.75) is 25.7 Å². The van der Waals surface area contributed by atoms with Crippen LogP contribution in [0.1, 0.15) is 24.0 Å². The largest absolute Gasteiger partial charge is 0.397 e. The lowest BCUT2D eigenvalue weighted by Crippen LogP contribution is -2.04. The van der Waals surface area contributed by atoms with Crippen LogP contribution in [-0.4, -0.2) is 6.72 Å². The monoisotopic (exact) mass is 174 g/mol. The zero-order chi connectivity index (χ0) is 9.26. The van der Waals surface area contributed by atoms with Gasteiger partial charge >= 0.3 is 0 Å². The Morgan fingerprint density at radius 1 is 1.23 bits per heavy atom. The van der Waals surface area contributed by atoms with E-state index in [0.717, 1.165) is 24.2 Å². The Balaban J connectivity index is 2.58. The highest BCUT2D eigenvalue weighted by Crippen LogP contribution is 2.34. The number of anilines is 1. The number of aryl methyl sites for hydroxylation is 1. The van der Waals surface area contributed by atoms with Crippen molar-refractivity contribution < 1.29 is 0 Å². The predicted octanol–water partition coefficient (Wildman–Crippen LogP) is 2.48. The first kappa shape index (κ1) is 8.30. The summed E-state index contributed by atoms with van der Waals surface area (Å²) in [7, 11) is 0. The number of nitrogen functional groups attached to an aromatic ring is 1. The quantitative estimate of drug-likeness (QED) is 0.515. The van der Waals surface area contributed by atoms with E-state index in [1.807, 2.05) is 6.07 Å². The number of benzene rings is 1. The van der Waals surface area contributed by atoms with Crippen LogP contribution in [0.15, 0.2) is 17.1 Å². The average molecular weight is 174 g/mol. The maximum atomic E-state index is 5.82. The minimum Gasteiger partial charge on any atom is -0.397 e. The summed E-state index contributed by atoms with van der Waals surface area (Å²) in [6, 6.07) is 4.06. The summed E-state index contributed by atoms with van der Waals surface area (Å²) < 4.78 is 0. The Labute approximate surface area is 78.5 Å². The van der Waals surface area contributed by atoms with E-state index in [-0.39, 0.29) is 0 Å². The number of nitrogens with zero attached hydrogens (tertiary/aromatic N) is 1. The number of nitrogens with two attached hydrogens (primary N) is 1. The molecule has 0 aliphatic heterocycles. The lowest BCUT2D eigenvalue weighted by molar-refractivity contribution is 0.686. The minimum absolute atomic E-state index is 0.760. The van der Waals surface area contributed by atoms with Crippen LogP contribution in [-0.2, 0) is 12.8 Å². The first-order chi connectivity index (χ1) is 6.33. The van der Waals surface area contributed by atoms with Crippen molar-refractivity contribution >= 4 is 18.1 Å². The molecule has 0 aromatic heterocycles. The van der Waals surface area contributed by atoms with Gasteiger partial charge < -0.3 is 5.73 Å². The molecule has 0 saturated heterocycles. The van der Waals surface area contributed by atoms with Crippen molar-refractivity contribution in [2.24, 2.45) is 4.99 Å². The van der Waals surface area contributed by atoms with E-state index < -0.39 is 0 Å². The zero-order valence-electron chi connectivity index (χ0n) is 7.71. The summed E-state index contributed by atoms with van der Waals surface area (Å²) in [5.41, 5.74) is 10.2. The number of fused-ring (bicyclic) bond motifs is 1. The molecule has 0 bridgehead atoms. The van der Waals surface area contributed by atoms with Crippen molar-refractivity contribution in [3.8, 4) is 0 Å². The molecule has 0 heterocycles. The first-order valence-electron chi connectivity index (χ1n) is 4.70. The van der Waals surface area contributed by atoms with Gasteiger partial charge in [0.05, 0.1) is 11.4 Å². The van der Waals surface area contributed by atoms with Gasteiger partial charge in [-0.1, -0.05) is 6.07 Å². The van der Waals surface area contributed by atoms with Crippen LogP contribution in [0.5, 0.6) is 0 Å². The van der Waals surface area contributed by atoms with Crippen molar-refractivity contribution in [1.29, 1.82) is 0 Å². The molecule has 0 atom stereocenters. The third-order valence-corrected chi connectivity index (χ3v) is 2.69. The lowest BCUT2D eigenvalue weighted by atomic mass is 9.90. The Morgan fingerprint density at radius 2 is 2.00 bits per heavy atom. The molecule has 0 amide bonds. The molecule has 1 aromatic rings. The Hall–Kier alpha value is -1.31. The smallest absolute Gasteiger partial charge is 0.0886 e. The summed E-state index contributed by atoms with van der Waals surface area (Å²) in [5, 5.41) is 0. The van der Waals surface area contributed by atoms with Crippen molar-refractivity contribution in [1.82, 2.24) is 0 Å². The summed E-state index contributed by atoms with van der Waals surface area (Å²) in [4.78, 5) is 4.01. The first-order valence-corrected chi connectivity index (χ1v) is 4.70. The number of rotatable bonds is 1. The highest BCUT2D eigenvalue weighted by atomic mass is 14.8. The summed E-state index contributed by atoms with van der Waals surface area (Å²) in [6.45, 7) is 3.57. The van der Waals surface area contributed by atoms with Crippen LogP contribution in [0, 0.1) is 0 Å². The highest BCUT2D eigenvalue weighted by Gasteiger charge is 2.13. The molecule has 2 heteroatoms. The lowest BCUT2D eigenvalue weighted by Gasteiger charge is -2.18. The standard InChI is InChI=1S/C11H14N2/c1-13-11-9-5-3-2-4-8(9)6-7-10(11)12/h6-7H,1-5,12H2. The van der Waals surface area contributed by atoms with Gasteiger partial charge in [0.25, 0.3) is 0 Å². The second-order valence-electron chi connectivity index (χ2n) is 3.51. The normalized spacial score (nSPS) is 15.1. The molecule has 0 saturated carbocycles. The Kier molecular flexibility index (Phi) is 2.05. The van der Waals surface area contributed by atoms with Gasteiger partial charge in [-0.05, 0) is 49.6 Å². The second-order valence-corrected chi connectivity index (χ2v) is 3.51. The fraction of sp³-hybridized carbons (Fsp3) is 0.364. The molecule has 1 aliphatic rings. The second kappa shape index (κ2) is 3.21. The van der Waals surface area contributed by atoms with E-state index in [1.165, 1.54) is 24.0 Å². The molecule has 1 aromatic carbocycles. The SMILES string of the molecule is C=Nc1c(N)ccc2c1CCCC2. The topological polar surface area (TPSA) is 38.4 Å². The molecule has 0 spiro atoms. The molecule has 68 valence electrons. The van der Waals surface area contributed by atoms with Crippen molar-refractivity contribution in [3.63, 3.8) is 0 Å². The molecular weight excluding hydrogens is 160 g/mol. The Bertz CT molecular complexity index is 342. The number of hydrogen-bond donors (Lipinski definition) is 1. The maximum absolute atomic E-state index is 5.82. The molecule has 0 radical (unpaired) electrons. The third-order valence-electron chi connectivity index (χ3n) is 2.69. The van der Waals surface area contributed by atoms with Crippen LogP contribution in [0.2, 0.25) is 0 Å². The zero-order valence-corrected chi connectivity index (χ0v) is 7.71. The molecule has 1 aliphatic carbocycles. The van der Waals surface area contributed by atoms with Gasteiger partial charge in [-0.25, -0.2) is 0 Å². The van der Waals surface area contributed by atoms with Gasteiger partial charge in [-0.2, -0.15) is 0 Å². The summed E-state index contributed by atoms with van der Waals surface area (Å²) in [5.74, 6) is 0. The van der Waals surface area contributed by atoms with Gasteiger partial charge in [-0.3, -0.25) is 4.99 Å². The molecule has 2 rings (SSSR count). The number of aliphatic imine (C=N–C) groups is 1. The Morgan fingerprint density at radius 3 is 2.77 bits per heavy atom. The maximum Gasteiger partial charge on any atom is 0.0886 e. The highest BCUT2D eigenvalue weighted by molar-refractivity contribution is 5.71. The molecule has 2 nitrogen and oxygen atoms in total. The van der Waals surface area contributed by atoms with E-state index in [9.17, 15) is 0 Å². The predicted molar refractivity (Wildman–Crippen MR) is 56.7 cm³/mol. The van der Waals surface area contributed by atoms with Crippen molar-refractivity contribution in [2.75, 3.05) is 5.73 Å². The number of hydrogen-bond acceptors (Lipinski definition) is 2. The van der Waals surface area contributed by atoms with Gasteiger partial charge in [0.1, 0.15) is 0 Å². The van der Waals surface area contributed by atoms with Gasteiger partial charge in [0.15, 0.2) is 0 Å². The van der Waals surface area contributed by atoms with Crippen LogP contribution >= 0.6 is 0 Å². The van der Waals surface area contributed by atoms with Crippen LogP contribution in [0.3, 0.4) is 0 Å². The third kappa shape index (κ3) is 1.32. The van der Waals surface area contributed by atoms with Crippen LogP contribution in [0.4, 0.5) is 11.4 Å². The molecule has 0 unspecified atom stereocenters. The summed E-state index contributed by atoms with van der Waals surface area (Å²) >= 11 is 0. The molecular formula is C11H14N2. The average Bonchev–Trinajstić information content (AvgIpc) is 2.18. The van der Waals surface area contributed by atoms with E-state index in [2.05, 4.69) is 17.8 Å². The van der Waals surface area contributed by atoms with Crippen LogP contribution in [0.25, 0.3) is 0 Å². The van der Waals surface area contributed by atoms with E-state index in [4.69, 9.17) is 5.73 Å². The van der Waals surface area contributed by atoms with Gasteiger partial charge in [-0.15, -0.1) is 0 Å². The van der Waals surface area contributed by atoms with E-state index in [1.54, 1.807) is 0 Å². The minimum atomic E-state index is 0.760. The van der Waals surface area contributed by atoms with Gasteiger partial charge in [0, 0.05) is 0 Å². The van der Waals surface area contributed by atoms with Crippen molar-refractivity contribution in [3.05, 3.63) is 23.3 Å². The van der Waals surface area contributed by atoms with E-state index in [0.29, 0.717) is 0 Å². The molecule has 13 heavy (non-hydrogen) atoms. The summed E-state index contributed by atoms with van der Waals surface area (Å²) in [6.07, 6.45) is 4.80. The van der Waals surface area contributed by atoms with Crippen LogP contribution < -0.4 is 5.73 Å².